The summed E-state index contributed by atoms with van der Waals surface area (Å²) in [6.45, 7) is 2.07. The van der Waals surface area contributed by atoms with Gasteiger partial charge in [-0.15, -0.1) is 0 Å². The maximum Gasteiger partial charge on any atom is 0.174 e. The molecule has 0 unspecified atom stereocenters. The molecule has 0 aliphatic heterocycles. The van der Waals surface area contributed by atoms with E-state index < -0.39 is 0 Å². The monoisotopic (exact) mass is 314 g/mol. The lowest BCUT2D eigenvalue weighted by atomic mass is 10.1. The van der Waals surface area contributed by atoms with E-state index in [2.05, 4.69) is 67.0 Å². The largest absolute Gasteiger partial charge is 0.333 e. The van der Waals surface area contributed by atoms with Gasteiger partial charge in [0.25, 0.3) is 0 Å². The summed E-state index contributed by atoms with van der Waals surface area (Å²) >= 11 is 6.79. The van der Waals surface area contributed by atoms with Crippen LogP contribution in [-0.2, 0) is 0 Å². The summed E-state index contributed by atoms with van der Waals surface area (Å²) in [6, 6.07) is 6.23. The Bertz CT molecular complexity index is 463. The number of benzene rings is 1. The molecule has 0 fully saturated rings. The van der Waals surface area contributed by atoms with E-state index in [0.717, 1.165) is 20.5 Å². The summed E-state index contributed by atoms with van der Waals surface area (Å²) < 4.78 is 1.87. The fourth-order valence-electron chi connectivity index (χ4n) is 1.20. The Morgan fingerprint density at radius 2 is 2.07 bits per heavy atom. The summed E-state index contributed by atoms with van der Waals surface area (Å²) in [7, 11) is 0. The molecule has 0 aliphatic rings. The molecule has 0 radical (unpaired) electrons. The first-order chi connectivity index (χ1) is 6.66. The van der Waals surface area contributed by atoms with Crippen LogP contribution in [0.4, 0.5) is 0 Å². The van der Waals surface area contributed by atoms with Gasteiger partial charge in [-0.25, -0.2) is 4.98 Å². The van der Waals surface area contributed by atoms with Crippen LogP contribution in [0.5, 0.6) is 0 Å². The Balaban J connectivity index is 2.47. The average Bonchev–Trinajstić information content (AvgIpc) is 2.57. The van der Waals surface area contributed by atoms with Crippen molar-refractivity contribution in [2.45, 2.75) is 6.92 Å². The van der Waals surface area contributed by atoms with Crippen LogP contribution in [0, 0.1) is 6.92 Å². The predicted molar refractivity (Wildman–Crippen MR) is 64.2 cm³/mol. The zero-order chi connectivity index (χ0) is 10.1. The van der Waals surface area contributed by atoms with Crippen LogP contribution < -0.4 is 0 Å². The highest BCUT2D eigenvalue weighted by molar-refractivity contribution is 9.10. The van der Waals surface area contributed by atoms with E-state index in [1.807, 2.05) is 0 Å². The fraction of sp³-hybridized carbons (Fsp3) is 0.100. The Labute approximate surface area is 99.0 Å². The Kier molecular flexibility index (Phi) is 2.74. The van der Waals surface area contributed by atoms with Crippen LogP contribution >= 0.6 is 31.9 Å². The number of imidazole rings is 1. The molecule has 72 valence electrons. The minimum Gasteiger partial charge on any atom is -0.333 e. The number of aryl methyl sites for hydroxylation is 1. The smallest absolute Gasteiger partial charge is 0.174 e. The molecule has 14 heavy (non-hydrogen) atoms. The molecule has 0 saturated carbocycles. The van der Waals surface area contributed by atoms with E-state index in [1.54, 1.807) is 6.20 Å². The maximum atomic E-state index is 4.09. The molecular formula is C10H8Br2N2. The maximum absolute atomic E-state index is 4.09. The van der Waals surface area contributed by atoms with Crippen LogP contribution in [0.25, 0.3) is 11.3 Å². The first-order valence-electron chi connectivity index (χ1n) is 4.14. The highest BCUT2D eigenvalue weighted by Gasteiger charge is 2.02. The number of rotatable bonds is 1. The minimum atomic E-state index is 0.754. The third-order valence-electron chi connectivity index (χ3n) is 2.03. The van der Waals surface area contributed by atoms with Crippen LogP contribution in [0.15, 0.2) is 33.6 Å². The van der Waals surface area contributed by atoms with E-state index in [0.29, 0.717) is 0 Å². The third-order valence-corrected chi connectivity index (χ3v) is 3.28. The van der Waals surface area contributed by atoms with Crippen molar-refractivity contribution in [2.75, 3.05) is 0 Å². The molecule has 0 saturated heterocycles. The average molecular weight is 316 g/mol. The standard InChI is InChI=1S/C10H8Br2N2/c1-6-2-3-7(4-8(6)11)9-5-13-10(12)14-9/h2-5H,1H3,(H,13,14). The second kappa shape index (κ2) is 3.87. The normalized spacial score (nSPS) is 10.5. The molecule has 2 rings (SSSR count). The number of aromatic amines is 1. The lowest BCUT2D eigenvalue weighted by Crippen LogP contribution is -1.80. The molecule has 2 nitrogen and oxygen atoms in total. The molecule has 0 atom stereocenters. The molecule has 1 N–H and O–H groups in total. The van der Waals surface area contributed by atoms with Crippen LogP contribution in [0.3, 0.4) is 0 Å². The van der Waals surface area contributed by atoms with Crippen molar-refractivity contribution in [1.82, 2.24) is 9.97 Å². The Hall–Kier alpha value is -0.610. The Morgan fingerprint density at radius 1 is 1.29 bits per heavy atom. The van der Waals surface area contributed by atoms with Gasteiger partial charge >= 0.3 is 0 Å². The lowest BCUT2D eigenvalue weighted by Gasteiger charge is -2.01. The number of aromatic nitrogens is 2. The number of H-pyrrole nitrogens is 1. The molecule has 1 aromatic heterocycles. The fourth-order valence-corrected chi connectivity index (χ4v) is 1.90. The highest BCUT2D eigenvalue weighted by Crippen LogP contribution is 2.24. The summed E-state index contributed by atoms with van der Waals surface area (Å²) in [5.41, 5.74) is 3.37. The second-order valence-electron chi connectivity index (χ2n) is 3.05. The van der Waals surface area contributed by atoms with Crippen LogP contribution in [0.1, 0.15) is 5.56 Å². The van der Waals surface area contributed by atoms with E-state index in [-0.39, 0.29) is 0 Å². The molecule has 0 spiro atoms. The van der Waals surface area contributed by atoms with Gasteiger partial charge in [-0.1, -0.05) is 28.1 Å². The molecule has 0 amide bonds. The van der Waals surface area contributed by atoms with Gasteiger partial charge in [0.15, 0.2) is 4.73 Å². The van der Waals surface area contributed by atoms with E-state index >= 15 is 0 Å². The summed E-state index contributed by atoms with van der Waals surface area (Å²) in [5.74, 6) is 0. The zero-order valence-electron chi connectivity index (χ0n) is 7.51. The van der Waals surface area contributed by atoms with Gasteiger partial charge < -0.3 is 4.98 Å². The predicted octanol–water partition coefficient (Wildman–Crippen LogP) is 3.91. The zero-order valence-corrected chi connectivity index (χ0v) is 10.7. The summed E-state index contributed by atoms with van der Waals surface area (Å²) in [4.78, 5) is 7.21. The van der Waals surface area contributed by atoms with E-state index in [9.17, 15) is 0 Å². The quantitative estimate of drug-likeness (QED) is 0.849. The number of nitrogens with one attached hydrogen (secondary N) is 1. The molecule has 0 bridgehead atoms. The minimum absolute atomic E-state index is 0.754. The van der Waals surface area contributed by atoms with Gasteiger partial charge in [-0.3, -0.25) is 0 Å². The van der Waals surface area contributed by atoms with Crippen molar-refractivity contribution in [3.8, 4) is 11.3 Å². The summed E-state index contributed by atoms with van der Waals surface area (Å²) in [5, 5.41) is 0. The van der Waals surface area contributed by atoms with Gasteiger partial charge in [-0.05, 0) is 34.5 Å². The van der Waals surface area contributed by atoms with Gasteiger partial charge in [-0.2, -0.15) is 0 Å². The number of hydrogen-bond donors (Lipinski definition) is 1. The van der Waals surface area contributed by atoms with Crippen LogP contribution in [0.2, 0.25) is 0 Å². The lowest BCUT2D eigenvalue weighted by molar-refractivity contribution is 1.24. The van der Waals surface area contributed by atoms with Crippen molar-refractivity contribution < 1.29 is 0 Å². The highest BCUT2D eigenvalue weighted by atomic mass is 79.9. The number of nitrogens with zero attached hydrogens (tertiary/aromatic N) is 1. The Morgan fingerprint density at radius 3 is 2.64 bits per heavy atom. The van der Waals surface area contributed by atoms with E-state index in [4.69, 9.17) is 0 Å². The first kappa shape index (κ1) is 9.93. The van der Waals surface area contributed by atoms with Crippen molar-refractivity contribution in [3.05, 3.63) is 39.2 Å². The van der Waals surface area contributed by atoms with Crippen molar-refractivity contribution in [3.63, 3.8) is 0 Å². The second-order valence-corrected chi connectivity index (χ2v) is 4.66. The van der Waals surface area contributed by atoms with Gasteiger partial charge in [0, 0.05) is 10.0 Å². The number of hydrogen-bond acceptors (Lipinski definition) is 1. The molecule has 4 heteroatoms. The first-order valence-corrected chi connectivity index (χ1v) is 5.72. The van der Waals surface area contributed by atoms with Crippen LogP contribution in [-0.4, -0.2) is 9.97 Å². The SMILES string of the molecule is Cc1ccc(-c2cnc(Br)[nH]2)cc1Br. The van der Waals surface area contributed by atoms with E-state index in [1.165, 1.54) is 5.56 Å². The molecule has 1 aromatic carbocycles. The molecule has 2 aromatic rings. The molecular weight excluding hydrogens is 308 g/mol. The molecule has 0 aliphatic carbocycles. The van der Waals surface area contributed by atoms with Crippen molar-refractivity contribution in [1.29, 1.82) is 0 Å². The molecule has 1 heterocycles. The number of halogens is 2. The van der Waals surface area contributed by atoms with Gasteiger partial charge in [0.05, 0.1) is 11.9 Å². The third kappa shape index (κ3) is 1.91. The topological polar surface area (TPSA) is 28.7 Å². The van der Waals surface area contributed by atoms with Crippen molar-refractivity contribution in [2.24, 2.45) is 0 Å². The van der Waals surface area contributed by atoms with Crippen molar-refractivity contribution >= 4 is 31.9 Å². The summed E-state index contributed by atoms with van der Waals surface area (Å²) in [6.07, 6.45) is 1.81. The van der Waals surface area contributed by atoms with Gasteiger partial charge in [0.2, 0.25) is 0 Å². The van der Waals surface area contributed by atoms with Gasteiger partial charge in [0.1, 0.15) is 0 Å².